The molecule has 6 heteroatoms. The molecule has 1 aromatic rings. The summed E-state index contributed by atoms with van der Waals surface area (Å²) < 4.78 is 0.529. The molecule has 0 unspecified atom stereocenters. The molecule has 0 bridgehead atoms. The Morgan fingerprint density at radius 1 is 1.31 bits per heavy atom. The summed E-state index contributed by atoms with van der Waals surface area (Å²) in [7, 11) is -0.391. The maximum absolute atomic E-state index is 8.94. The normalized spacial score (nSPS) is 9.62. The first-order chi connectivity index (χ1) is 7.65. The van der Waals surface area contributed by atoms with Crippen LogP contribution >= 0.6 is 22.9 Å². The Morgan fingerprint density at radius 3 is 2.38 bits per heavy atom. The molecule has 0 aliphatic heterocycles. The molecule has 0 atom stereocenters. The van der Waals surface area contributed by atoms with E-state index in [-0.39, 0.29) is 0 Å². The first kappa shape index (κ1) is 15.9. The van der Waals surface area contributed by atoms with Gasteiger partial charge in [0.15, 0.2) is 0 Å². The maximum atomic E-state index is 8.94. The van der Waals surface area contributed by atoms with Crippen molar-refractivity contribution in [2.24, 2.45) is 0 Å². The second-order valence-electron chi connectivity index (χ2n) is 3.25. The monoisotopic (exact) mass is 264 g/mol. The van der Waals surface area contributed by atoms with Gasteiger partial charge in [0.1, 0.15) is 0 Å². The zero-order chi connectivity index (χ0) is 12.6. The lowest BCUT2D eigenvalue weighted by molar-refractivity contribution is 0.399. The van der Waals surface area contributed by atoms with E-state index in [1.807, 2.05) is 0 Å². The topological polar surface area (TPSA) is 60.7 Å². The molecule has 3 N–H and O–H groups in total. The summed E-state index contributed by atoms with van der Waals surface area (Å²) in [5.74, 6) is 0. The number of aliphatic hydroxyl groups is 1. The van der Waals surface area contributed by atoms with Crippen molar-refractivity contribution < 1.29 is 15.2 Å². The third kappa shape index (κ3) is 5.32. The van der Waals surface area contributed by atoms with E-state index in [1.165, 1.54) is 24.2 Å². The summed E-state index contributed by atoms with van der Waals surface area (Å²) in [4.78, 5) is 1.06. The average Bonchev–Trinajstić information content (AvgIpc) is 2.64. The van der Waals surface area contributed by atoms with Crippen LogP contribution in [0.5, 0.6) is 0 Å². The minimum absolute atomic E-state index is 0.529. The van der Waals surface area contributed by atoms with Crippen molar-refractivity contribution >= 4 is 34.8 Å². The van der Waals surface area contributed by atoms with Crippen molar-refractivity contribution in [1.29, 1.82) is 0 Å². The molecule has 0 saturated heterocycles. The van der Waals surface area contributed by atoms with Crippen molar-refractivity contribution in [3.8, 4) is 0 Å². The van der Waals surface area contributed by atoms with Crippen molar-refractivity contribution in [3.63, 3.8) is 0 Å². The number of rotatable bonds is 5. The number of halogens is 1. The summed E-state index contributed by atoms with van der Waals surface area (Å²) in [6.07, 6.45) is 4.41. The van der Waals surface area contributed by atoms with E-state index in [0.29, 0.717) is 9.80 Å². The van der Waals surface area contributed by atoms with E-state index < -0.39 is 7.12 Å². The molecule has 0 radical (unpaired) electrons. The molecule has 1 aromatic heterocycles. The largest absolute Gasteiger partial charge is 0.499 e. The highest BCUT2D eigenvalue weighted by molar-refractivity contribution is 7.22. The number of hydrogen-bond donors (Lipinski definition) is 3. The van der Waals surface area contributed by atoms with E-state index in [4.69, 9.17) is 26.8 Å². The fourth-order valence-corrected chi connectivity index (χ4v) is 2.62. The van der Waals surface area contributed by atoms with E-state index in [0.717, 1.165) is 24.8 Å². The molecule has 3 nitrogen and oxygen atoms in total. The van der Waals surface area contributed by atoms with Gasteiger partial charge in [-0.05, 0) is 18.9 Å². The van der Waals surface area contributed by atoms with Crippen molar-refractivity contribution in [3.05, 3.63) is 16.0 Å². The van der Waals surface area contributed by atoms with Crippen LogP contribution in [0.1, 0.15) is 31.1 Å². The molecule has 92 valence electrons. The molecule has 0 spiro atoms. The molecule has 0 amide bonds. The Balaban J connectivity index is 0.00000106. The summed E-state index contributed by atoms with van der Waals surface area (Å²) in [5, 5.41) is 25.5. The van der Waals surface area contributed by atoms with Crippen LogP contribution in [0.2, 0.25) is 5.02 Å². The number of thiophene rings is 1. The summed E-state index contributed by atoms with van der Waals surface area (Å²) in [6, 6.07) is 1.64. The third-order valence-electron chi connectivity index (χ3n) is 2.04. The Kier molecular flexibility index (Phi) is 8.98. The molecule has 1 heterocycles. The minimum Gasteiger partial charge on any atom is -0.423 e. The van der Waals surface area contributed by atoms with Gasteiger partial charge in [0.25, 0.3) is 0 Å². The lowest BCUT2D eigenvalue weighted by atomic mass is 9.90. The first-order valence-corrected chi connectivity index (χ1v) is 6.43. The molecule has 0 aliphatic rings. The van der Waals surface area contributed by atoms with E-state index in [9.17, 15) is 0 Å². The quantitative estimate of drug-likeness (QED) is 0.557. The van der Waals surface area contributed by atoms with Crippen LogP contribution < -0.4 is 4.78 Å². The van der Waals surface area contributed by atoms with Gasteiger partial charge in [0, 0.05) is 16.8 Å². The lowest BCUT2D eigenvalue weighted by Gasteiger charge is -1.96. The predicted octanol–water partition coefficient (Wildman–Crippen LogP) is 1.42. The van der Waals surface area contributed by atoms with Gasteiger partial charge >= 0.3 is 7.12 Å². The average molecular weight is 265 g/mol. The lowest BCUT2D eigenvalue weighted by Crippen LogP contribution is -2.26. The van der Waals surface area contributed by atoms with Gasteiger partial charge in [-0.2, -0.15) is 0 Å². The summed E-state index contributed by atoms with van der Waals surface area (Å²) in [5.41, 5.74) is 0. The Morgan fingerprint density at radius 2 is 1.94 bits per heavy atom. The second kappa shape index (κ2) is 9.02. The molecule has 0 fully saturated rings. The standard InChI is InChI=1S/C9H14BClO2S.CH4O/c1-2-3-4-5-8-7(11)6-9(14-8)10(12)13;1-2/h6,12-13H,2-5H2,1H3;2H,1H3. The van der Waals surface area contributed by atoms with Crippen molar-refractivity contribution in [2.75, 3.05) is 7.11 Å². The van der Waals surface area contributed by atoms with Gasteiger partial charge in [0.2, 0.25) is 0 Å². The second-order valence-corrected chi connectivity index (χ2v) is 4.83. The van der Waals surface area contributed by atoms with E-state index in [1.54, 1.807) is 6.07 Å². The highest BCUT2D eigenvalue weighted by Gasteiger charge is 2.16. The van der Waals surface area contributed by atoms with Gasteiger partial charge in [0.05, 0.1) is 5.02 Å². The minimum atomic E-state index is -1.39. The van der Waals surface area contributed by atoms with Crippen LogP contribution in [0.15, 0.2) is 6.07 Å². The number of aliphatic hydroxyl groups excluding tert-OH is 1. The number of aryl methyl sites for hydroxylation is 1. The molecule has 0 aliphatic carbocycles. The summed E-state index contributed by atoms with van der Waals surface area (Å²) in [6.45, 7) is 2.15. The smallest absolute Gasteiger partial charge is 0.423 e. The molecular weight excluding hydrogens is 246 g/mol. The van der Waals surface area contributed by atoms with Gasteiger partial charge in [-0.1, -0.05) is 31.4 Å². The van der Waals surface area contributed by atoms with Gasteiger partial charge in [-0.15, -0.1) is 11.3 Å². The molecular formula is C10H18BClO3S. The van der Waals surface area contributed by atoms with Gasteiger partial charge < -0.3 is 15.2 Å². The Hall–Kier alpha value is -0.0651. The third-order valence-corrected chi connectivity index (χ3v) is 3.72. The predicted molar refractivity (Wildman–Crippen MR) is 70.5 cm³/mol. The highest BCUT2D eigenvalue weighted by Crippen LogP contribution is 2.22. The molecule has 0 aromatic carbocycles. The number of unbranched alkanes of at least 4 members (excludes halogenated alkanes) is 2. The van der Waals surface area contributed by atoms with Crippen LogP contribution in [0, 0.1) is 0 Å². The highest BCUT2D eigenvalue weighted by atomic mass is 35.5. The van der Waals surface area contributed by atoms with Crippen LogP contribution in [0.3, 0.4) is 0 Å². The number of hydrogen-bond acceptors (Lipinski definition) is 4. The summed E-state index contributed by atoms with van der Waals surface area (Å²) >= 11 is 7.34. The van der Waals surface area contributed by atoms with Crippen molar-refractivity contribution in [2.45, 2.75) is 32.6 Å². The zero-order valence-electron chi connectivity index (χ0n) is 9.61. The molecule has 16 heavy (non-hydrogen) atoms. The van der Waals surface area contributed by atoms with Gasteiger partial charge in [-0.3, -0.25) is 0 Å². The SMILES string of the molecule is CCCCCc1sc(B(O)O)cc1Cl.CO. The van der Waals surface area contributed by atoms with E-state index >= 15 is 0 Å². The first-order valence-electron chi connectivity index (χ1n) is 5.24. The Bertz CT molecular complexity index is 292. The van der Waals surface area contributed by atoms with Crippen LogP contribution in [0.4, 0.5) is 0 Å². The zero-order valence-corrected chi connectivity index (χ0v) is 11.2. The van der Waals surface area contributed by atoms with Crippen LogP contribution in [-0.2, 0) is 6.42 Å². The Labute approximate surface area is 106 Å². The molecule has 0 saturated carbocycles. The fraction of sp³-hybridized carbons (Fsp3) is 0.600. The van der Waals surface area contributed by atoms with E-state index in [2.05, 4.69) is 6.92 Å². The van der Waals surface area contributed by atoms with Gasteiger partial charge in [-0.25, -0.2) is 0 Å². The molecule has 1 rings (SSSR count). The maximum Gasteiger partial charge on any atom is 0.499 e. The van der Waals surface area contributed by atoms with Crippen molar-refractivity contribution in [1.82, 2.24) is 0 Å². The van der Waals surface area contributed by atoms with Crippen LogP contribution in [-0.4, -0.2) is 29.4 Å². The fourth-order valence-electron chi connectivity index (χ4n) is 1.26. The van der Waals surface area contributed by atoms with Crippen LogP contribution in [0.25, 0.3) is 0 Å².